The first-order valence-electron chi connectivity index (χ1n) is 12.8. The number of allylic oxidation sites excluding steroid dienone is 4. The van der Waals surface area contributed by atoms with E-state index in [9.17, 15) is 13.2 Å². The first-order valence-corrected chi connectivity index (χ1v) is 15.4. The van der Waals surface area contributed by atoms with Crippen LogP contribution < -0.4 is 5.14 Å². The van der Waals surface area contributed by atoms with E-state index in [-0.39, 0.29) is 18.1 Å². The molecular formula is C27H36BrF3N4S. The predicted octanol–water partition coefficient (Wildman–Crippen LogP) is 7.80. The molecule has 36 heavy (non-hydrogen) atoms. The van der Waals surface area contributed by atoms with E-state index in [1.54, 1.807) is 6.08 Å². The molecule has 0 bridgehead atoms. The van der Waals surface area contributed by atoms with Gasteiger partial charge < -0.3 is 0 Å². The van der Waals surface area contributed by atoms with Crippen molar-refractivity contribution >= 4 is 38.8 Å². The van der Waals surface area contributed by atoms with E-state index >= 15 is 0 Å². The Balaban J connectivity index is 1.89. The number of benzene rings is 1. The number of hydrogen-bond donors (Lipinski definition) is 1. The van der Waals surface area contributed by atoms with Crippen LogP contribution in [0, 0.1) is 5.92 Å². The number of rotatable bonds is 6. The molecule has 0 spiro atoms. The third-order valence-corrected chi connectivity index (χ3v) is 11.7. The van der Waals surface area contributed by atoms with Gasteiger partial charge in [-0.2, -0.15) is 13.2 Å². The van der Waals surface area contributed by atoms with E-state index in [4.69, 9.17) is 5.14 Å². The Hall–Kier alpha value is -1.42. The van der Waals surface area contributed by atoms with Crippen LogP contribution >= 0.6 is 26.3 Å². The molecule has 3 heterocycles. The molecule has 4 nitrogen and oxygen atoms in total. The summed E-state index contributed by atoms with van der Waals surface area (Å²) in [7, 11) is -2.10. The Morgan fingerprint density at radius 2 is 1.97 bits per heavy atom. The van der Waals surface area contributed by atoms with Crippen LogP contribution in [0.25, 0.3) is 0 Å². The minimum atomic E-state index is -4.49. The topological polar surface area (TPSA) is 54.0 Å². The summed E-state index contributed by atoms with van der Waals surface area (Å²) in [6.45, 7) is 6.45. The highest BCUT2D eigenvalue weighted by Crippen LogP contribution is 2.63. The molecule has 5 atom stereocenters. The lowest BCUT2D eigenvalue weighted by Crippen LogP contribution is -2.51. The number of halogens is 4. The van der Waals surface area contributed by atoms with Gasteiger partial charge in [0.15, 0.2) is 0 Å². The monoisotopic (exact) mass is 584 g/mol. The van der Waals surface area contributed by atoms with Crippen molar-refractivity contribution in [3.63, 3.8) is 0 Å². The van der Waals surface area contributed by atoms with Crippen molar-refractivity contribution in [2.24, 2.45) is 21.0 Å². The zero-order valence-electron chi connectivity index (χ0n) is 21.1. The van der Waals surface area contributed by atoms with E-state index in [0.29, 0.717) is 12.3 Å². The fourth-order valence-electron chi connectivity index (χ4n) is 5.88. The maximum Gasteiger partial charge on any atom is 0.433 e. The zero-order chi connectivity index (χ0) is 26.1. The fraction of sp³-hybridized carbons (Fsp3) is 0.556. The molecule has 9 heteroatoms. The molecule has 1 aromatic rings. The van der Waals surface area contributed by atoms with Crippen molar-refractivity contribution in [2.75, 3.05) is 5.75 Å². The van der Waals surface area contributed by atoms with Crippen LogP contribution in [0.2, 0.25) is 0 Å². The second kappa shape index (κ2) is 11.1. The molecule has 198 valence electrons. The molecule has 0 fully saturated rings. The van der Waals surface area contributed by atoms with Crippen LogP contribution in [-0.2, 0) is 6.42 Å². The predicted molar refractivity (Wildman–Crippen MR) is 149 cm³/mol. The molecule has 0 amide bonds. The van der Waals surface area contributed by atoms with Crippen molar-refractivity contribution in [1.82, 2.24) is 4.31 Å². The van der Waals surface area contributed by atoms with Crippen LogP contribution in [0.5, 0.6) is 0 Å². The summed E-state index contributed by atoms with van der Waals surface area (Å²) in [4.78, 5) is 9.24. The van der Waals surface area contributed by atoms with Gasteiger partial charge in [-0.05, 0) is 85.4 Å². The van der Waals surface area contributed by atoms with Crippen LogP contribution in [0.3, 0.4) is 0 Å². The standard InChI is InChI=1S/C27H36BrF3N4S/c1-4-15-36(32,22-9-10-24(27(29,30)31)34-14-12-22)35-21(5-2)17-19-7-6-8-23(28)25(19)26(35)20-11-13-33-18(3)16-20/h6-10,13-14,18,20-21,26H,4-5,11-12,15-17,32H2,1-3H3. The normalized spacial score (nSPS) is 29.6. The molecule has 1 aromatic carbocycles. The van der Waals surface area contributed by atoms with E-state index in [2.05, 4.69) is 69.2 Å². The Labute approximate surface area is 222 Å². The second-order valence-corrected chi connectivity index (χ2v) is 13.7. The zero-order valence-corrected chi connectivity index (χ0v) is 23.5. The van der Waals surface area contributed by atoms with Crippen molar-refractivity contribution in [2.45, 2.75) is 83.6 Å². The minimum Gasteiger partial charge on any atom is -0.294 e. The molecule has 2 N–H and O–H groups in total. The largest absolute Gasteiger partial charge is 0.433 e. The molecule has 0 aromatic heterocycles. The summed E-state index contributed by atoms with van der Waals surface area (Å²) in [5.41, 5.74) is 1.74. The number of nitrogens with zero attached hydrogens (tertiary/aromatic N) is 3. The number of alkyl halides is 3. The van der Waals surface area contributed by atoms with Crippen molar-refractivity contribution < 1.29 is 13.2 Å². The van der Waals surface area contributed by atoms with Crippen LogP contribution in [0.15, 0.2) is 55.4 Å². The van der Waals surface area contributed by atoms with Crippen molar-refractivity contribution in [1.29, 1.82) is 0 Å². The van der Waals surface area contributed by atoms with Gasteiger partial charge in [0.2, 0.25) is 0 Å². The summed E-state index contributed by atoms with van der Waals surface area (Å²) in [5.74, 6) is 1.04. The van der Waals surface area contributed by atoms with Crippen molar-refractivity contribution in [3.8, 4) is 0 Å². The van der Waals surface area contributed by atoms with Gasteiger partial charge >= 0.3 is 6.18 Å². The van der Waals surface area contributed by atoms with Gasteiger partial charge in [-0.15, -0.1) is 10.4 Å². The highest BCUT2D eigenvalue weighted by atomic mass is 79.9. The quantitative estimate of drug-likeness (QED) is 0.370. The summed E-state index contributed by atoms with van der Waals surface area (Å²) in [5, 5.41) is 7.51. The average Bonchev–Trinajstić information content (AvgIpc) is 3.10. The maximum atomic E-state index is 13.5. The van der Waals surface area contributed by atoms with Gasteiger partial charge in [0.1, 0.15) is 5.70 Å². The molecule has 0 saturated carbocycles. The third kappa shape index (κ3) is 5.40. The molecule has 0 aliphatic carbocycles. The molecule has 3 aliphatic rings. The maximum absolute atomic E-state index is 13.5. The summed E-state index contributed by atoms with van der Waals surface area (Å²) in [6.07, 6.45) is 6.46. The molecule has 5 unspecified atom stereocenters. The van der Waals surface area contributed by atoms with Crippen LogP contribution in [-0.4, -0.2) is 40.7 Å². The number of nitrogens with two attached hydrogens (primary N) is 1. The molecule has 0 radical (unpaired) electrons. The lowest BCUT2D eigenvalue weighted by atomic mass is 9.79. The van der Waals surface area contributed by atoms with Crippen LogP contribution in [0.1, 0.15) is 70.0 Å². The highest BCUT2D eigenvalue weighted by Gasteiger charge is 2.47. The smallest absolute Gasteiger partial charge is 0.294 e. The lowest BCUT2D eigenvalue weighted by Gasteiger charge is -2.58. The Bertz CT molecular complexity index is 1080. The molecular weight excluding hydrogens is 549 g/mol. The Morgan fingerprint density at radius 1 is 1.19 bits per heavy atom. The Kier molecular flexibility index (Phi) is 8.54. The first-order chi connectivity index (χ1) is 17.1. The van der Waals surface area contributed by atoms with Crippen LogP contribution in [0.4, 0.5) is 13.2 Å². The average molecular weight is 586 g/mol. The molecule has 0 saturated heterocycles. The van der Waals surface area contributed by atoms with Gasteiger partial charge in [0.25, 0.3) is 0 Å². The van der Waals surface area contributed by atoms with E-state index in [0.717, 1.165) is 53.3 Å². The number of hydrogen-bond acceptors (Lipinski definition) is 4. The van der Waals surface area contributed by atoms with Crippen molar-refractivity contribution in [3.05, 3.63) is 56.6 Å². The van der Waals surface area contributed by atoms with Gasteiger partial charge in [-0.25, -0.2) is 4.31 Å². The Morgan fingerprint density at radius 3 is 2.64 bits per heavy atom. The number of fused-ring (bicyclic) bond motifs is 1. The SMILES string of the molecule is CCCS(N)(C1=CC=C(C(F)(F)F)N=CC1)N1C(CC)Cc2cccc(Br)c2C1C1CC=NC(C)C1. The van der Waals surface area contributed by atoms with Gasteiger partial charge in [-0.1, -0.05) is 41.9 Å². The summed E-state index contributed by atoms with van der Waals surface area (Å²) in [6, 6.07) is 6.90. The van der Waals surface area contributed by atoms with E-state index in [1.165, 1.54) is 17.3 Å². The minimum absolute atomic E-state index is 0.0576. The third-order valence-electron chi connectivity index (χ3n) is 7.44. The van der Waals surface area contributed by atoms with E-state index < -0.39 is 22.3 Å². The second-order valence-electron chi connectivity index (χ2n) is 9.95. The highest BCUT2D eigenvalue weighted by molar-refractivity contribution is 9.10. The first kappa shape index (κ1) is 27.6. The summed E-state index contributed by atoms with van der Waals surface area (Å²) < 4.78 is 44.0. The lowest BCUT2D eigenvalue weighted by molar-refractivity contribution is -0.0922. The van der Waals surface area contributed by atoms with Gasteiger partial charge in [-0.3, -0.25) is 15.1 Å². The number of aliphatic imine (C=N–C) groups is 2. The van der Waals surface area contributed by atoms with Gasteiger partial charge in [0.05, 0.1) is 6.04 Å². The van der Waals surface area contributed by atoms with E-state index in [1.807, 2.05) is 6.21 Å². The molecule has 4 rings (SSSR count). The fourth-order valence-corrected chi connectivity index (χ4v) is 10.00. The molecule has 3 aliphatic heterocycles. The summed E-state index contributed by atoms with van der Waals surface area (Å²) >= 11 is 3.86. The van der Waals surface area contributed by atoms with Gasteiger partial charge in [0, 0.05) is 34.9 Å².